The van der Waals surface area contributed by atoms with Gasteiger partial charge in [-0.05, 0) is 69.1 Å². The second-order valence-corrected chi connectivity index (χ2v) is 13.1. The molecule has 0 atom stereocenters. The lowest BCUT2D eigenvalue weighted by atomic mass is 9.92. The van der Waals surface area contributed by atoms with Crippen LogP contribution in [0.3, 0.4) is 0 Å². The summed E-state index contributed by atoms with van der Waals surface area (Å²) in [5, 5.41) is 8.79. The van der Waals surface area contributed by atoms with Crippen LogP contribution in [-0.4, -0.2) is 15.0 Å². The number of furan rings is 2. The molecule has 3 aromatic heterocycles. The summed E-state index contributed by atoms with van der Waals surface area (Å²) >= 11 is 0. The Kier molecular flexibility index (Phi) is 6.18. The second-order valence-electron chi connectivity index (χ2n) is 13.1. The van der Waals surface area contributed by atoms with Crippen LogP contribution in [0.4, 0.5) is 0 Å². The molecule has 0 aliphatic heterocycles. The Labute approximate surface area is 297 Å². The van der Waals surface area contributed by atoms with Gasteiger partial charge in [-0.2, -0.15) is 0 Å². The van der Waals surface area contributed by atoms with E-state index in [0.717, 1.165) is 93.2 Å². The number of fused-ring (bicyclic) bond motifs is 9. The molecule has 0 unspecified atom stereocenters. The van der Waals surface area contributed by atoms with Gasteiger partial charge >= 0.3 is 0 Å². The maximum atomic E-state index is 6.26. The maximum Gasteiger partial charge on any atom is 0.164 e. The predicted octanol–water partition coefficient (Wildman–Crippen LogP) is 12.6. The quantitative estimate of drug-likeness (QED) is 0.187. The average Bonchev–Trinajstić information content (AvgIpc) is 3.79. The minimum atomic E-state index is 0.610. The first-order valence-corrected chi connectivity index (χ1v) is 17.4. The molecule has 5 heteroatoms. The lowest BCUT2D eigenvalue weighted by molar-refractivity contribution is 0.668. The van der Waals surface area contributed by atoms with Gasteiger partial charge in [-0.25, -0.2) is 15.0 Å². The van der Waals surface area contributed by atoms with Gasteiger partial charge in [-0.3, -0.25) is 0 Å². The largest absolute Gasteiger partial charge is 0.456 e. The highest BCUT2D eigenvalue weighted by Gasteiger charge is 2.19. The van der Waals surface area contributed by atoms with E-state index in [1.165, 1.54) is 0 Å². The zero-order chi connectivity index (χ0) is 34.2. The molecule has 11 rings (SSSR count). The molecule has 3 heterocycles. The van der Waals surface area contributed by atoms with Crippen molar-refractivity contribution in [2.45, 2.75) is 0 Å². The summed E-state index contributed by atoms with van der Waals surface area (Å²) < 4.78 is 12.5. The fraction of sp³-hybridized carbons (Fsp3) is 0. The summed E-state index contributed by atoms with van der Waals surface area (Å²) in [6.45, 7) is 0. The molecule has 0 fully saturated rings. The summed E-state index contributed by atoms with van der Waals surface area (Å²) in [5.74, 6) is 1.85. The number of hydrogen-bond donors (Lipinski definition) is 0. The van der Waals surface area contributed by atoms with Crippen LogP contribution < -0.4 is 0 Å². The fourth-order valence-corrected chi connectivity index (χ4v) is 7.75. The topological polar surface area (TPSA) is 65.0 Å². The van der Waals surface area contributed by atoms with Gasteiger partial charge in [0.05, 0.1) is 0 Å². The second kappa shape index (κ2) is 11.2. The van der Waals surface area contributed by atoms with Crippen molar-refractivity contribution in [3.05, 3.63) is 164 Å². The van der Waals surface area contributed by atoms with Gasteiger partial charge in [-0.15, -0.1) is 0 Å². The van der Waals surface area contributed by atoms with Crippen molar-refractivity contribution in [3.63, 3.8) is 0 Å². The zero-order valence-electron chi connectivity index (χ0n) is 27.7. The van der Waals surface area contributed by atoms with Crippen molar-refractivity contribution in [2.75, 3.05) is 0 Å². The molecule has 8 aromatic carbocycles. The van der Waals surface area contributed by atoms with Crippen molar-refractivity contribution in [1.29, 1.82) is 0 Å². The summed E-state index contributed by atoms with van der Waals surface area (Å²) in [6, 6.07) is 56.3. The van der Waals surface area contributed by atoms with Crippen LogP contribution in [0.15, 0.2) is 173 Å². The minimum absolute atomic E-state index is 0.610. The van der Waals surface area contributed by atoms with Gasteiger partial charge < -0.3 is 8.83 Å². The van der Waals surface area contributed by atoms with Gasteiger partial charge in [0.25, 0.3) is 0 Å². The molecule has 0 amide bonds. The third-order valence-corrected chi connectivity index (χ3v) is 10.1. The lowest BCUT2D eigenvalue weighted by Crippen LogP contribution is -2.01. The highest BCUT2D eigenvalue weighted by Crippen LogP contribution is 2.42. The van der Waals surface area contributed by atoms with Crippen molar-refractivity contribution < 1.29 is 8.83 Å². The highest BCUT2D eigenvalue weighted by atomic mass is 16.3. The molecule has 52 heavy (non-hydrogen) atoms. The van der Waals surface area contributed by atoms with E-state index in [2.05, 4.69) is 103 Å². The summed E-state index contributed by atoms with van der Waals surface area (Å²) in [4.78, 5) is 15.4. The minimum Gasteiger partial charge on any atom is -0.456 e. The molecule has 0 aliphatic carbocycles. The Morgan fingerprint density at radius 2 is 0.865 bits per heavy atom. The number of benzene rings is 8. The Morgan fingerprint density at radius 3 is 1.63 bits per heavy atom. The van der Waals surface area contributed by atoms with Crippen molar-refractivity contribution >= 4 is 65.4 Å². The van der Waals surface area contributed by atoms with Gasteiger partial charge in [0.2, 0.25) is 0 Å². The molecule has 0 aliphatic rings. The third kappa shape index (κ3) is 4.39. The first-order valence-electron chi connectivity index (χ1n) is 17.4. The van der Waals surface area contributed by atoms with E-state index >= 15 is 0 Å². The highest BCUT2D eigenvalue weighted by molar-refractivity contribution is 6.19. The van der Waals surface area contributed by atoms with E-state index in [1.54, 1.807) is 0 Å². The molecule has 0 radical (unpaired) electrons. The summed E-state index contributed by atoms with van der Waals surface area (Å²) in [7, 11) is 0. The van der Waals surface area contributed by atoms with Crippen LogP contribution in [-0.2, 0) is 0 Å². The van der Waals surface area contributed by atoms with E-state index in [9.17, 15) is 0 Å². The molecule has 0 N–H and O–H groups in total. The van der Waals surface area contributed by atoms with Crippen LogP contribution in [0, 0.1) is 0 Å². The molecule has 0 bridgehead atoms. The number of para-hydroxylation sites is 2. The first kappa shape index (κ1) is 28.7. The zero-order valence-corrected chi connectivity index (χ0v) is 27.7. The van der Waals surface area contributed by atoms with Gasteiger partial charge in [0.1, 0.15) is 22.3 Å². The van der Waals surface area contributed by atoms with E-state index in [0.29, 0.717) is 17.5 Å². The number of nitrogens with zero attached hydrogens (tertiary/aromatic N) is 3. The monoisotopic (exact) mass is 665 g/mol. The normalized spacial score (nSPS) is 11.8. The molecular formula is C47H27N3O2. The van der Waals surface area contributed by atoms with Crippen molar-refractivity contribution in [3.8, 4) is 45.3 Å². The standard InChI is InChI=1S/C47H27N3O2/c1-2-11-29(12-3-1)45-48-46(30-22-21-28-23-26-42-44(38(28)27-30)37-16-7-9-19-40(37)52-42)50-47(49-45)35-25-24-33(31-13-4-5-14-32(31)35)34-17-10-20-41-43(34)36-15-6-8-18-39(36)51-41/h1-27H. The summed E-state index contributed by atoms with van der Waals surface area (Å²) in [6.07, 6.45) is 0. The Bertz CT molecular complexity index is 3190. The number of rotatable bonds is 4. The van der Waals surface area contributed by atoms with Gasteiger partial charge in [-0.1, -0.05) is 127 Å². The van der Waals surface area contributed by atoms with E-state index < -0.39 is 0 Å². The molecule has 5 nitrogen and oxygen atoms in total. The van der Waals surface area contributed by atoms with Crippen molar-refractivity contribution in [2.24, 2.45) is 0 Å². The first-order chi connectivity index (χ1) is 25.8. The number of hydrogen-bond acceptors (Lipinski definition) is 5. The van der Waals surface area contributed by atoms with Gasteiger partial charge in [0, 0.05) is 38.2 Å². The Morgan fingerprint density at radius 1 is 0.308 bits per heavy atom. The van der Waals surface area contributed by atoms with Crippen LogP contribution in [0.5, 0.6) is 0 Å². The molecular weight excluding hydrogens is 639 g/mol. The molecule has 0 saturated carbocycles. The number of aromatic nitrogens is 3. The van der Waals surface area contributed by atoms with Crippen LogP contribution >= 0.6 is 0 Å². The molecule has 242 valence electrons. The fourth-order valence-electron chi connectivity index (χ4n) is 7.75. The lowest BCUT2D eigenvalue weighted by Gasteiger charge is -2.14. The third-order valence-electron chi connectivity index (χ3n) is 10.1. The Balaban J connectivity index is 1.14. The summed E-state index contributed by atoms with van der Waals surface area (Å²) in [5.41, 5.74) is 8.51. The Hall–Kier alpha value is -7.11. The van der Waals surface area contributed by atoms with E-state index in [-0.39, 0.29) is 0 Å². The SMILES string of the molecule is c1ccc(-c2nc(-c3ccc4ccc5oc6ccccc6c5c4c3)nc(-c3ccc(-c4cccc5oc6ccccc6c45)c4ccccc34)n2)cc1. The van der Waals surface area contributed by atoms with Crippen LogP contribution in [0.25, 0.3) is 111 Å². The molecule has 0 saturated heterocycles. The predicted molar refractivity (Wildman–Crippen MR) is 211 cm³/mol. The maximum absolute atomic E-state index is 6.26. The van der Waals surface area contributed by atoms with Gasteiger partial charge in [0.15, 0.2) is 17.5 Å². The van der Waals surface area contributed by atoms with Crippen LogP contribution in [0.2, 0.25) is 0 Å². The molecule has 0 spiro atoms. The van der Waals surface area contributed by atoms with Crippen LogP contribution in [0.1, 0.15) is 0 Å². The molecule has 11 aromatic rings. The van der Waals surface area contributed by atoms with E-state index in [1.807, 2.05) is 60.7 Å². The average molecular weight is 666 g/mol. The smallest absolute Gasteiger partial charge is 0.164 e. The van der Waals surface area contributed by atoms with Crippen molar-refractivity contribution in [1.82, 2.24) is 15.0 Å². The van der Waals surface area contributed by atoms with E-state index in [4.69, 9.17) is 23.8 Å².